The topological polar surface area (TPSA) is 126 Å². The van der Waals surface area contributed by atoms with Gasteiger partial charge in [0, 0.05) is 12.0 Å². The summed E-state index contributed by atoms with van der Waals surface area (Å²) in [5.74, 6) is -0.610. The van der Waals surface area contributed by atoms with E-state index in [4.69, 9.17) is 29.7 Å². The van der Waals surface area contributed by atoms with Crippen molar-refractivity contribution < 1.29 is 23.9 Å². The molecule has 65 heavy (non-hydrogen) atoms. The second-order valence-corrected chi connectivity index (χ2v) is 19.6. The van der Waals surface area contributed by atoms with Crippen molar-refractivity contribution in [3.8, 4) is 0 Å². The largest absolute Gasteiger partial charge is 2.00 e. The molecule has 0 spiro atoms. The average molecular weight is 896 g/mol. The third kappa shape index (κ3) is 11.8. The van der Waals surface area contributed by atoms with Gasteiger partial charge in [0.15, 0.2) is 5.78 Å². The maximum atomic E-state index is 14.4. The minimum Gasteiger partial charge on any atom is -0.664 e. The van der Waals surface area contributed by atoms with Crippen molar-refractivity contribution in [2.24, 2.45) is 35.5 Å². The maximum absolute atomic E-state index is 14.4. The molecule has 1 saturated heterocycles. The van der Waals surface area contributed by atoms with Gasteiger partial charge in [-0.2, -0.15) is 11.4 Å². The van der Waals surface area contributed by atoms with E-state index in [0.717, 1.165) is 93.5 Å². The molecule has 10 heteroatoms. The number of fused-ring (bicyclic) bond motifs is 7. The SMILES string of the molecule is CCc1c2[n-]c(c1C)/C=C1\[N-]/C(=C3\c4[n-]c(c(C)c4C(=O)[C@@H]3C(=O)OC)/C=c3\[n-]/c(c(C)c3CC)=C\2)[C@@H](CCC(=O)OC/C=C(\C)CCC[C@H](C)CCC[C@H](C)CCCC(C)C)[C@@H]1C.[Mg+2]. The van der Waals surface area contributed by atoms with E-state index in [2.05, 4.69) is 75.3 Å². The van der Waals surface area contributed by atoms with Crippen LogP contribution >= 0.6 is 0 Å². The number of carbonyl (C=O) groups excluding carboxylic acids is 3. The first-order valence-corrected chi connectivity index (χ1v) is 24.4. The molecule has 0 unspecified atom stereocenters. The number of methoxy groups -OCH3 is 1. The van der Waals surface area contributed by atoms with Crippen molar-refractivity contribution in [1.29, 1.82) is 0 Å². The quantitative estimate of drug-likeness (QED) is 0.0475. The van der Waals surface area contributed by atoms with E-state index in [9.17, 15) is 14.4 Å². The molecule has 0 amide bonds. The molecule has 3 aromatic heterocycles. The number of rotatable bonds is 20. The van der Waals surface area contributed by atoms with Crippen LogP contribution in [-0.2, 0) is 31.9 Å². The molecule has 6 rings (SSSR count). The first-order valence-electron chi connectivity index (χ1n) is 24.4. The summed E-state index contributed by atoms with van der Waals surface area (Å²) in [5.41, 5.74) is 11.4. The third-order valence-electron chi connectivity index (χ3n) is 14.5. The summed E-state index contributed by atoms with van der Waals surface area (Å²) < 4.78 is 11.1. The summed E-state index contributed by atoms with van der Waals surface area (Å²) in [7, 11) is 1.30. The Morgan fingerprint density at radius 3 is 2.05 bits per heavy atom. The first-order chi connectivity index (χ1) is 30.6. The van der Waals surface area contributed by atoms with E-state index < -0.39 is 11.9 Å². The van der Waals surface area contributed by atoms with Gasteiger partial charge in [0.1, 0.15) is 12.5 Å². The van der Waals surface area contributed by atoms with Crippen molar-refractivity contribution in [1.82, 2.24) is 15.0 Å². The molecule has 3 aromatic rings. The molecule has 0 N–H and O–H groups in total. The van der Waals surface area contributed by atoms with Gasteiger partial charge in [-0.05, 0) is 95.5 Å². The Hall–Kier alpha value is -4.02. The Morgan fingerprint density at radius 1 is 0.769 bits per heavy atom. The number of nitrogens with zero attached hydrogens (tertiary/aromatic N) is 4. The van der Waals surface area contributed by atoms with Crippen LogP contribution in [0.2, 0.25) is 0 Å². The van der Waals surface area contributed by atoms with Crippen LogP contribution in [0.15, 0.2) is 23.0 Å². The Labute approximate surface area is 405 Å². The Bertz CT molecular complexity index is 2420. The molecule has 5 heterocycles. The van der Waals surface area contributed by atoms with Crippen molar-refractivity contribution in [3.63, 3.8) is 0 Å². The molecule has 0 aromatic carbocycles. The monoisotopic (exact) mass is 895 g/mol. The Morgan fingerprint density at radius 2 is 1.40 bits per heavy atom. The van der Waals surface area contributed by atoms with Crippen LogP contribution in [0.3, 0.4) is 0 Å². The number of hydrogen-bond donors (Lipinski definition) is 0. The summed E-state index contributed by atoms with van der Waals surface area (Å²) >= 11 is 0. The number of carbonyl (C=O) groups is 3. The van der Waals surface area contributed by atoms with Gasteiger partial charge in [0.05, 0.1) is 7.11 Å². The second kappa shape index (κ2) is 23.1. The molecule has 5 atom stereocenters. The average Bonchev–Trinajstić information content (AvgIpc) is 3.99. The van der Waals surface area contributed by atoms with Crippen LogP contribution in [0.5, 0.6) is 0 Å². The minimum absolute atomic E-state index is 0. The zero-order valence-corrected chi connectivity index (χ0v) is 43.1. The van der Waals surface area contributed by atoms with Gasteiger partial charge in [0.2, 0.25) is 0 Å². The van der Waals surface area contributed by atoms with E-state index >= 15 is 0 Å². The smallest absolute Gasteiger partial charge is 0.664 e. The Kier molecular flexibility index (Phi) is 18.5. The van der Waals surface area contributed by atoms with Gasteiger partial charge in [-0.1, -0.05) is 151 Å². The molecule has 0 saturated carbocycles. The summed E-state index contributed by atoms with van der Waals surface area (Å²) in [4.78, 5) is 56.8. The minimum atomic E-state index is -1.21. The number of ketones is 1. The predicted molar refractivity (Wildman–Crippen MR) is 264 cm³/mol. The summed E-state index contributed by atoms with van der Waals surface area (Å²) in [6.45, 7) is 24.2. The van der Waals surface area contributed by atoms with Gasteiger partial charge in [-0.25, -0.2) is 0 Å². The number of aromatic nitrogens is 3. The number of ether oxygens (including phenoxy) is 2. The van der Waals surface area contributed by atoms with Gasteiger partial charge in [-0.3, -0.25) is 14.4 Å². The summed E-state index contributed by atoms with van der Waals surface area (Å²) in [5, 5.41) is 6.93. The zero-order valence-electron chi connectivity index (χ0n) is 41.7. The molecule has 8 bridgehead atoms. The van der Waals surface area contributed by atoms with Crippen molar-refractivity contribution in [2.45, 2.75) is 160 Å². The Balaban J connectivity index is 0.00000793. The van der Waals surface area contributed by atoms with Crippen molar-refractivity contribution in [2.75, 3.05) is 13.7 Å². The molecule has 2 aliphatic heterocycles. The first kappa shape index (κ1) is 52.0. The van der Waals surface area contributed by atoms with Crippen LogP contribution in [0, 0.1) is 56.3 Å². The fourth-order valence-corrected chi connectivity index (χ4v) is 10.3. The molecule has 348 valence electrons. The fourth-order valence-electron chi connectivity index (χ4n) is 10.3. The number of hydrogen-bond acceptors (Lipinski definition) is 5. The van der Waals surface area contributed by atoms with E-state index in [-0.39, 0.29) is 59.7 Å². The zero-order chi connectivity index (χ0) is 46.4. The van der Waals surface area contributed by atoms with Gasteiger partial charge in [0.25, 0.3) is 0 Å². The van der Waals surface area contributed by atoms with Crippen LogP contribution in [0.1, 0.15) is 187 Å². The molecular formula is C55H74MgN4O5-2. The second-order valence-electron chi connectivity index (χ2n) is 19.6. The van der Waals surface area contributed by atoms with Gasteiger partial charge in [-0.15, -0.1) is 33.5 Å². The van der Waals surface area contributed by atoms with E-state index in [0.29, 0.717) is 40.2 Å². The molecule has 9 nitrogen and oxygen atoms in total. The molecule has 3 aliphatic rings. The van der Waals surface area contributed by atoms with E-state index in [1.54, 1.807) is 0 Å². The molecule has 1 fully saturated rings. The van der Waals surface area contributed by atoms with Crippen LogP contribution in [0.25, 0.3) is 29.1 Å². The normalized spacial score (nSPS) is 21.7. The molecular weight excluding hydrogens is 821 g/mol. The van der Waals surface area contributed by atoms with E-state index in [1.807, 2.05) is 25.2 Å². The van der Waals surface area contributed by atoms with E-state index in [1.165, 1.54) is 57.6 Å². The van der Waals surface area contributed by atoms with Gasteiger partial charge >= 0.3 is 35.0 Å². The number of esters is 2. The number of Topliss-reactive ketones (excluding diaryl/α,β-unsaturated/α-hetero) is 1. The standard InChI is InChI=1S/C55H75N4O5.Mg/c1-13-39-35(8)42-28-44-37(10)41(24-25-48(60)64-27-26-34(7)23-17-22-33(6)21-16-20-32(5)19-15-18-31(3)4)52(58-44)50-51(55(62)63-12)54(61)49-38(11)45(59-53(49)50)30-47-40(14-2)36(9)43(57-47)29-46(39)56-42;/h26,28-33,37,41,51H,13-25,27H2,1-12H3,(H-,58,59,61);/q-3;+2/p-1/b34-26+,43-29-,44-28-,47-30-;/t32-,33-,37+,41+,51-;/m1./s1. The molecule has 0 radical (unpaired) electrons. The summed E-state index contributed by atoms with van der Waals surface area (Å²) in [6.07, 6.45) is 21.6. The van der Waals surface area contributed by atoms with Crippen molar-refractivity contribution >= 4 is 64.6 Å². The van der Waals surface area contributed by atoms with Crippen LogP contribution < -0.4 is 25.7 Å². The maximum Gasteiger partial charge on any atom is 2.00 e. The fraction of sp³-hybridized carbons (Fsp3) is 0.582. The van der Waals surface area contributed by atoms with Crippen LogP contribution in [0.4, 0.5) is 0 Å². The van der Waals surface area contributed by atoms with Crippen molar-refractivity contribution in [3.05, 3.63) is 95.2 Å². The summed E-state index contributed by atoms with van der Waals surface area (Å²) in [6, 6.07) is 0. The van der Waals surface area contributed by atoms with Gasteiger partial charge < -0.3 is 29.7 Å². The number of allylic oxidation sites excluding steroid dienone is 3. The molecule has 1 aliphatic carbocycles. The van der Waals surface area contributed by atoms with Crippen LogP contribution in [-0.4, -0.2) is 54.5 Å². The third-order valence-corrected chi connectivity index (χ3v) is 14.5. The predicted octanol–water partition coefficient (Wildman–Crippen LogP) is 10.3.